The van der Waals surface area contributed by atoms with E-state index in [-0.39, 0.29) is 5.41 Å². The van der Waals surface area contributed by atoms with Gasteiger partial charge >= 0.3 is 0 Å². The molecular formula is C17H25N. The second kappa shape index (κ2) is 4.79. The summed E-state index contributed by atoms with van der Waals surface area (Å²) in [4.78, 5) is 3.39. The van der Waals surface area contributed by atoms with Gasteiger partial charge in [0, 0.05) is 11.7 Å². The van der Waals surface area contributed by atoms with Crippen molar-refractivity contribution in [1.82, 2.24) is 4.98 Å². The van der Waals surface area contributed by atoms with E-state index >= 15 is 0 Å². The van der Waals surface area contributed by atoms with Crippen molar-refractivity contribution in [3.8, 4) is 0 Å². The van der Waals surface area contributed by atoms with E-state index < -0.39 is 0 Å². The van der Waals surface area contributed by atoms with E-state index in [1.165, 1.54) is 34.9 Å². The Balaban J connectivity index is 2.45. The maximum absolute atomic E-state index is 3.39. The van der Waals surface area contributed by atoms with Gasteiger partial charge in [0.1, 0.15) is 0 Å². The van der Waals surface area contributed by atoms with E-state index in [0.717, 1.165) is 5.92 Å². The van der Waals surface area contributed by atoms with Crippen molar-refractivity contribution in [3.05, 3.63) is 35.5 Å². The molecule has 1 nitrogen and oxygen atoms in total. The minimum absolute atomic E-state index is 0.220. The Morgan fingerprint density at radius 3 is 2.50 bits per heavy atom. The summed E-state index contributed by atoms with van der Waals surface area (Å²) in [6, 6.07) is 6.90. The molecule has 0 aliphatic heterocycles. The number of aryl methyl sites for hydroxylation is 1. The molecule has 1 aromatic heterocycles. The Bertz CT molecular complexity index is 526. The van der Waals surface area contributed by atoms with Crippen molar-refractivity contribution in [2.24, 2.45) is 5.92 Å². The van der Waals surface area contributed by atoms with Crippen LogP contribution in [0, 0.1) is 5.92 Å². The van der Waals surface area contributed by atoms with Gasteiger partial charge in [0.2, 0.25) is 0 Å². The van der Waals surface area contributed by atoms with Gasteiger partial charge in [-0.05, 0) is 52.8 Å². The summed E-state index contributed by atoms with van der Waals surface area (Å²) in [6.07, 6.45) is 4.47. The number of rotatable bonds is 3. The van der Waals surface area contributed by atoms with Gasteiger partial charge in [0.05, 0.1) is 0 Å². The average molecular weight is 243 g/mol. The molecule has 0 fully saturated rings. The third-order valence-corrected chi connectivity index (χ3v) is 3.60. The highest BCUT2D eigenvalue weighted by atomic mass is 14.7. The van der Waals surface area contributed by atoms with Crippen LogP contribution in [0.5, 0.6) is 0 Å². The molecular weight excluding hydrogens is 218 g/mol. The molecule has 0 aliphatic rings. The van der Waals surface area contributed by atoms with Gasteiger partial charge in [0.15, 0.2) is 0 Å². The minimum Gasteiger partial charge on any atom is -0.361 e. The molecule has 0 aliphatic carbocycles. The molecule has 1 heteroatoms. The third kappa shape index (κ3) is 2.77. The quantitative estimate of drug-likeness (QED) is 0.776. The number of benzene rings is 1. The number of hydrogen-bond donors (Lipinski definition) is 1. The van der Waals surface area contributed by atoms with Crippen LogP contribution in [0.15, 0.2) is 24.4 Å². The van der Waals surface area contributed by atoms with Gasteiger partial charge in [0.25, 0.3) is 0 Å². The fraction of sp³-hybridized carbons (Fsp3) is 0.529. The SMILES string of the molecule is CC(C)CCc1cc(C(C)(C)C)cc2cc[nH]c12. The molecule has 0 spiro atoms. The van der Waals surface area contributed by atoms with Crippen LogP contribution in [0.25, 0.3) is 10.9 Å². The van der Waals surface area contributed by atoms with E-state index in [9.17, 15) is 0 Å². The van der Waals surface area contributed by atoms with Crippen LogP contribution in [0.4, 0.5) is 0 Å². The van der Waals surface area contributed by atoms with Crippen molar-refractivity contribution in [1.29, 1.82) is 0 Å². The lowest BCUT2D eigenvalue weighted by Crippen LogP contribution is -2.11. The number of fused-ring (bicyclic) bond motifs is 1. The summed E-state index contributed by atoms with van der Waals surface area (Å²) in [5.41, 5.74) is 4.45. The van der Waals surface area contributed by atoms with Crippen LogP contribution in [0.1, 0.15) is 52.2 Å². The summed E-state index contributed by atoms with van der Waals surface area (Å²) in [6.45, 7) is 11.4. The smallest absolute Gasteiger partial charge is 0.0486 e. The summed E-state index contributed by atoms with van der Waals surface area (Å²) in [7, 11) is 0. The van der Waals surface area contributed by atoms with Crippen LogP contribution in [0.2, 0.25) is 0 Å². The van der Waals surface area contributed by atoms with Crippen LogP contribution in [-0.2, 0) is 11.8 Å². The summed E-state index contributed by atoms with van der Waals surface area (Å²) in [5, 5.41) is 1.35. The average Bonchev–Trinajstić information content (AvgIpc) is 2.72. The lowest BCUT2D eigenvalue weighted by molar-refractivity contribution is 0.579. The van der Waals surface area contributed by atoms with E-state index in [1.54, 1.807) is 0 Å². The largest absolute Gasteiger partial charge is 0.361 e. The Morgan fingerprint density at radius 2 is 1.89 bits per heavy atom. The maximum atomic E-state index is 3.39. The zero-order valence-corrected chi connectivity index (χ0v) is 12.3. The predicted octanol–water partition coefficient (Wildman–Crippen LogP) is 5.05. The summed E-state index contributed by atoms with van der Waals surface area (Å²) in [5.74, 6) is 0.758. The Hall–Kier alpha value is -1.24. The number of hydrogen-bond acceptors (Lipinski definition) is 0. The highest BCUT2D eigenvalue weighted by Gasteiger charge is 2.16. The highest BCUT2D eigenvalue weighted by Crippen LogP contribution is 2.29. The number of H-pyrrole nitrogens is 1. The molecule has 2 aromatic rings. The van der Waals surface area contributed by atoms with Crippen molar-refractivity contribution in [2.45, 2.75) is 52.9 Å². The zero-order valence-electron chi connectivity index (χ0n) is 12.3. The molecule has 0 unspecified atom stereocenters. The first-order valence-electron chi connectivity index (χ1n) is 6.98. The molecule has 0 saturated carbocycles. The van der Waals surface area contributed by atoms with Crippen molar-refractivity contribution < 1.29 is 0 Å². The van der Waals surface area contributed by atoms with E-state index in [0.29, 0.717) is 0 Å². The first kappa shape index (κ1) is 13.2. The maximum Gasteiger partial charge on any atom is 0.0486 e. The first-order chi connectivity index (χ1) is 8.38. The van der Waals surface area contributed by atoms with Gasteiger partial charge < -0.3 is 4.98 Å². The van der Waals surface area contributed by atoms with Gasteiger partial charge in [-0.15, -0.1) is 0 Å². The molecule has 18 heavy (non-hydrogen) atoms. The Kier molecular flexibility index (Phi) is 3.52. The normalized spacial score (nSPS) is 12.6. The van der Waals surface area contributed by atoms with Crippen molar-refractivity contribution in [3.63, 3.8) is 0 Å². The molecule has 0 amide bonds. The molecule has 1 heterocycles. The Morgan fingerprint density at radius 1 is 1.17 bits per heavy atom. The zero-order chi connectivity index (χ0) is 13.3. The van der Waals surface area contributed by atoms with Crippen LogP contribution < -0.4 is 0 Å². The lowest BCUT2D eigenvalue weighted by Gasteiger charge is -2.21. The van der Waals surface area contributed by atoms with Crippen molar-refractivity contribution >= 4 is 10.9 Å². The number of aromatic amines is 1. The minimum atomic E-state index is 0.220. The van der Waals surface area contributed by atoms with Gasteiger partial charge in [-0.3, -0.25) is 0 Å². The standard InChI is InChI=1S/C17H25N/c1-12(2)6-7-13-10-15(17(3,4)5)11-14-8-9-18-16(13)14/h8-12,18H,6-7H2,1-5H3. The molecule has 0 atom stereocenters. The fourth-order valence-electron chi connectivity index (χ4n) is 2.32. The van der Waals surface area contributed by atoms with Crippen LogP contribution in [-0.4, -0.2) is 4.98 Å². The van der Waals surface area contributed by atoms with Crippen LogP contribution >= 0.6 is 0 Å². The van der Waals surface area contributed by atoms with Gasteiger partial charge in [-0.2, -0.15) is 0 Å². The Labute approximate surface area is 111 Å². The van der Waals surface area contributed by atoms with Gasteiger partial charge in [-0.25, -0.2) is 0 Å². The first-order valence-corrected chi connectivity index (χ1v) is 6.98. The second-order valence-electron chi connectivity index (χ2n) is 6.76. The fourth-order valence-corrected chi connectivity index (χ4v) is 2.32. The predicted molar refractivity (Wildman–Crippen MR) is 80.2 cm³/mol. The summed E-state index contributed by atoms with van der Waals surface area (Å²) < 4.78 is 0. The van der Waals surface area contributed by atoms with Crippen LogP contribution in [0.3, 0.4) is 0 Å². The molecule has 0 bridgehead atoms. The summed E-state index contributed by atoms with van der Waals surface area (Å²) >= 11 is 0. The van der Waals surface area contributed by atoms with Crippen molar-refractivity contribution in [2.75, 3.05) is 0 Å². The molecule has 98 valence electrons. The third-order valence-electron chi connectivity index (χ3n) is 3.60. The van der Waals surface area contributed by atoms with E-state index in [1.807, 2.05) is 0 Å². The molecule has 0 radical (unpaired) electrons. The monoisotopic (exact) mass is 243 g/mol. The molecule has 0 saturated heterocycles. The molecule has 1 N–H and O–H groups in total. The second-order valence-corrected chi connectivity index (χ2v) is 6.76. The highest BCUT2D eigenvalue weighted by molar-refractivity contribution is 5.83. The van der Waals surface area contributed by atoms with E-state index in [4.69, 9.17) is 0 Å². The topological polar surface area (TPSA) is 15.8 Å². The lowest BCUT2D eigenvalue weighted by atomic mass is 9.84. The molecule has 2 rings (SSSR count). The molecule has 1 aromatic carbocycles. The number of nitrogens with one attached hydrogen (secondary N) is 1. The van der Waals surface area contributed by atoms with Gasteiger partial charge in [-0.1, -0.05) is 40.7 Å². The van der Waals surface area contributed by atoms with E-state index in [2.05, 4.69) is 64.0 Å². The number of aromatic nitrogens is 1.